The zero-order valence-electron chi connectivity index (χ0n) is 9.81. The van der Waals surface area contributed by atoms with Crippen LogP contribution in [0.15, 0.2) is 0 Å². The van der Waals surface area contributed by atoms with Crippen molar-refractivity contribution in [2.75, 3.05) is 32.7 Å². The Balaban J connectivity index is 3.46. The summed E-state index contributed by atoms with van der Waals surface area (Å²) in [5, 5.41) is 8.20. The van der Waals surface area contributed by atoms with Crippen molar-refractivity contribution in [2.24, 2.45) is 0 Å². The molecule has 0 saturated heterocycles. The van der Waals surface area contributed by atoms with E-state index in [-0.39, 0.29) is 11.7 Å². The van der Waals surface area contributed by atoms with Crippen molar-refractivity contribution in [2.45, 2.75) is 25.0 Å². The second kappa shape index (κ2) is 9.74. The van der Waals surface area contributed by atoms with Crippen molar-refractivity contribution in [1.82, 2.24) is 0 Å². The molecule has 2 atom stereocenters. The predicted molar refractivity (Wildman–Crippen MR) is 62.0 cm³/mol. The molecule has 0 bridgehead atoms. The molecule has 0 rings (SSSR count). The van der Waals surface area contributed by atoms with Gasteiger partial charge in [-0.25, -0.2) is 0 Å². The fourth-order valence-electron chi connectivity index (χ4n) is 1.09. The molecule has 0 aliphatic carbocycles. The lowest BCUT2D eigenvalue weighted by atomic mass is 10.3. The van der Waals surface area contributed by atoms with Crippen LogP contribution in [-0.2, 0) is 25.1 Å². The first-order chi connectivity index (χ1) is 7.57. The summed E-state index contributed by atoms with van der Waals surface area (Å²) in [5.41, 5.74) is 0. The Morgan fingerprint density at radius 2 is 2.06 bits per heavy atom. The molecule has 0 amide bonds. The van der Waals surface area contributed by atoms with Crippen LogP contribution in [0.25, 0.3) is 0 Å². The zero-order chi connectivity index (χ0) is 12.4. The third-order valence-electron chi connectivity index (χ3n) is 1.98. The Morgan fingerprint density at radius 3 is 2.62 bits per heavy atom. The summed E-state index contributed by atoms with van der Waals surface area (Å²) in [6, 6.07) is 0. The molecule has 16 heavy (non-hydrogen) atoms. The van der Waals surface area contributed by atoms with E-state index in [2.05, 4.69) is 0 Å². The van der Waals surface area contributed by atoms with Crippen molar-refractivity contribution in [3.63, 3.8) is 0 Å². The number of hydrogen-bond acceptors (Lipinski definition) is 4. The molecule has 0 aliphatic rings. The Morgan fingerprint density at radius 1 is 1.38 bits per heavy atom. The molecule has 6 heteroatoms. The quantitative estimate of drug-likeness (QED) is 0.578. The van der Waals surface area contributed by atoms with Crippen molar-refractivity contribution in [1.29, 1.82) is 0 Å². The highest BCUT2D eigenvalue weighted by Gasteiger charge is 2.14. The number of carbonyl (C=O) groups is 1. The minimum Gasteiger partial charge on any atom is -0.481 e. The van der Waals surface area contributed by atoms with Gasteiger partial charge in [0.1, 0.15) is 0 Å². The van der Waals surface area contributed by atoms with E-state index in [9.17, 15) is 9.00 Å². The number of rotatable bonds is 10. The molecule has 2 unspecified atom stereocenters. The van der Waals surface area contributed by atoms with E-state index in [1.54, 1.807) is 14.0 Å². The van der Waals surface area contributed by atoms with E-state index in [1.807, 2.05) is 0 Å². The minimum absolute atomic E-state index is 0.0592. The summed E-state index contributed by atoms with van der Waals surface area (Å²) in [5.74, 6) is -0.525. The van der Waals surface area contributed by atoms with Gasteiger partial charge in [-0.3, -0.25) is 9.00 Å². The normalized spacial score (nSPS) is 14.6. The van der Waals surface area contributed by atoms with Crippen molar-refractivity contribution >= 4 is 16.8 Å². The van der Waals surface area contributed by atoms with Gasteiger partial charge in [-0.2, -0.15) is 0 Å². The highest BCUT2D eigenvalue weighted by molar-refractivity contribution is 7.85. The van der Waals surface area contributed by atoms with E-state index in [0.717, 1.165) is 6.42 Å². The first-order valence-electron chi connectivity index (χ1n) is 5.23. The van der Waals surface area contributed by atoms with Crippen LogP contribution in [0.5, 0.6) is 0 Å². The van der Waals surface area contributed by atoms with E-state index >= 15 is 0 Å². The summed E-state index contributed by atoms with van der Waals surface area (Å²) in [4.78, 5) is 10.4. The summed E-state index contributed by atoms with van der Waals surface area (Å²) < 4.78 is 21.6. The van der Waals surface area contributed by atoms with E-state index < -0.39 is 16.8 Å². The van der Waals surface area contributed by atoms with Crippen LogP contribution in [0.4, 0.5) is 0 Å². The molecule has 0 heterocycles. The molecule has 0 aromatic carbocycles. The highest BCUT2D eigenvalue weighted by atomic mass is 32.2. The summed E-state index contributed by atoms with van der Waals surface area (Å²) >= 11 is 0. The second-order valence-electron chi connectivity index (χ2n) is 3.45. The Labute approximate surface area is 98.6 Å². The number of aliphatic carboxylic acids is 1. The molecule has 0 saturated carbocycles. The molecule has 0 aliphatic heterocycles. The topological polar surface area (TPSA) is 72.8 Å². The third kappa shape index (κ3) is 8.82. The fourth-order valence-corrected chi connectivity index (χ4v) is 2.10. The Hall–Kier alpha value is -0.460. The Bertz CT molecular complexity index is 219. The van der Waals surface area contributed by atoms with Gasteiger partial charge in [0.05, 0.1) is 13.0 Å². The van der Waals surface area contributed by atoms with Crippen molar-refractivity contribution < 1.29 is 23.6 Å². The molecule has 96 valence electrons. The van der Waals surface area contributed by atoms with Gasteiger partial charge in [0.15, 0.2) is 0 Å². The molecular formula is C10H20O5S. The lowest BCUT2D eigenvalue weighted by Crippen LogP contribution is -2.20. The van der Waals surface area contributed by atoms with Gasteiger partial charge in [0.25, 0.3) is 0 Å². The van der Waals surface area contributed by atoms with Gasteiger partial charge in [0, 0.05) is 42.1 Å². The maximum Gasteiger partial charge on any atom is 0.304 e. The molecule has 5 nitrogen and oxygen atoms in total. The van der Waals surface area contributed by atoms with Crippen molar-refractivity contribution in [3.8, 4) is 0 Å². The van der Waals surface area contributed by atoms with Gasteiger partial charge in [-0.1, -0.05) is 6.92 Å². The maximum atomic E-state index is 11.5. The smallest absolute Gasteiger partial charge is 0.304 e. The van der Waals surface area contributed by atoms with Crippen LogP contribution in [0, 0.1) is 0 Å². The van der Waals surface area contributed by atoms with Crippen molar-refractivity contribution in [3.05, 3.63) is 0 Å². The number of hydrogen-bond donors (Lipinski definition) is 1. The lowest BCUT2D eigenvalue weighted by Gasteiger charge is -2.09. The zero-order valence-corrected chi connectivity index (χ0v) is 10.6. The lowest BCUT2D eigenvalue weighted by molar-refractivity contribution is -0.136. The van der Waals surface area contributed by atoms with Crippen LogP contribution >= 0.6 is 0 Å². The molecule has 0 spiro atoms. The van der Waals surface area contributed by atoms with E-state index in [4.69, 9.17) is 14.6 Å². The maximum absolute atomic E-state index is 11.5. The van der Waals surface area contributed by atoms with E-state index in [1.165, 1.54) is 0 Å². The average molecular weight is 252 g/mol. The second-order valence-corrected chi connectivity index (χ2v) is 5.43. The minimum atomic E-state index is -1.13. The molecule has 0 aromatic heterocycles. The van der Waals surface area contributed by atoms with Gasteiger partial charge in [-0.05, 0) is 6.42 Å². The van der Waals surface area contributed by atoms with Crippen LogP contribution in [-0.4, -0.2) is 53.2 Å². The summed E-state index contributed by atoms with van der Waals surface area (Å²) in [6.07, 6.45) is 0.754. The largest absolute Gasteiger partial charge is 0.481 e. The molecule has 0 fully saturated rings. The van der Waals surface area contributed by atoms with Gasteiger partial charge < -0.3 is 14.6 Å². The van der Waals surface area contributed by atoms with Crippen LogP contribution < -0.4 is 0 Å². The van der Waals surface area contributed by atoms with Gasteiger partial charge in [0.2, 0.25) is 0 Å². The number of methoxy groups -OCH3 is 1. The monoisotopic (exact) mass is 252 g/mol. The Kier molecular flexibility index (Phi) is 9.46. The average Bonchev–Trinajstić information content (AvgIpc) is 2.21. The molecule has 0 radical (unpaired) electrons. The van der Waals surface area contributed by atoms with E-state index in [0.29, 0.717) is 25.6 Å². The number of ether oxygens (including phenoxy) is 2. The summed E-state index contributed by atoms with van der Waals surface area (Å²) in [6.45, 7) is 3.31. The predicted octanol–water partition coefficient (Wildman–Crippen LogP) is 0.651. The third-order valence-corrected chi connectivity index (χ3v) is 3.61. The summed E-state index contributed by atoms with van der Waals surface area (Å²) in [7, 11) is 0.498. The number of carboxylic acid groups (broad SMARTS) is 1. The standard InChI is InChI=1S/C10H20O5S/c1-9(8-10(11)12)16(13)7-6-15-5-3-4-14-2/h9H,3-8H2,1-2H3,(H,11,12). The molecule has 0 aromatic rings. The molecular weight excluding hydrogens is 232 g/mol. The van der Waals surface area contributed by atoms with Gasteiger partial charge >= 0.3 is 5.97 Å². The van der Waals surface area contributed by atoms with Gasteiger partial charge in [-0.15, -0.1) is 0 Å². The molecule has 1 N–H and O–H groups in total. The number of carboxylic acids is 1. The first-order valence-corrected chi connectivity index (χ1v) is 6.61. The fraction of sp³-hybridized carbons (Fsp3) is 0.900. The van der Waals surface area contributed by atoms with Crippen LogP contribution in [0.1, 0.15) is 19.8 Å². The first kappa shape index (κ1) is 15.5. The SMILES string of the molecule is COCCCOCCS(=O)C(C)CC(=O)O. The van der Waals surface area contributed by atoms with Crippen LogP contribution in [0.3, 0.4) is 0 Å². The highest BCUT2D eigenvalue weighted by Crippen LogP contribution is 2.01. The van der Waals surface area contributed by atoms with Crippen LogP contribution in [0.2, 0.25) is 0 Å².